The van der Waals surface area contributed by atoms with E-state index in [9.17, 15) is 13.2 Å². The van der Waals surface area contributed by atoms with Gasteiger partial charge in [0.25, 0.3) is 5.91 Å². The quantitative estimate of drug-likeness (QED) is 0.431. The smallest absolute Gasteiger partial charge is 0.257 e. The van der Waals surface area contributed by atoms with Gasteiger partial charge in [0.05, 0.1) is 11.2 Å². The topological polar surface area (TPSA) is 101 Å². The Balaban J connectivity index is 1.51. The SMILES string of the molecule is Cc1ccc(S(=O)(=O)NCc2ccccc2)cc1C(=O)Nc1nc(-c2ccco2)cs1. The molecule has 158 valence electrons. The zero-order chi connectivity index (χ0) is 21.8. The highest BCUT2D eigenvalue weighted by Crippen LogP contribution is 2.26. The van der Waals surface area contributed by atoms with Gasteiger partial charge in [-0.15, -0.1) is 11.3 Å². The fourth-order valence-electron chi connectivity index (χ4n) is 2.90. The molecule has 0 spiro atoms. The Morgan fingerprint density at radius 1 is 1.10 bits per heavy atom. The molecule has 2 aromatic carbocycles. The third-order valence-corrected chi connectivity index (χ3v) is 6.73. The van der Waals surface area contributed by atoms with E-state index >= 15 is 0 Å². The van der Waals surface area contributed by atoms with Gasteiger partial charge in [0.15, 0.2) is 10.9 Å². The molecule has 4 aromatic rings. The van der Waals surface area contributed by atoms with Crippen LogP contribution in [0.1, 0.15) is 21.5 Å². The van der Waals surface area contributed by atoms with E-state index in [-0.39, 0.29) is 17.0 Å². The van der Waals surface area contributed by atoms with Gasteiger partial charge in [-0.2, -0.15) is 0 Å². The molecule has 0 radical (unpaired) electrons. The number of anilines is 1. The summed E-state index contributed by atoms with van der Waals surface area (Å²) in [4.78, 5) is 17.2. The highest BCUT2D eigenvalue weighted by molar-refractivity contribution is 7.89. The number of nitrogens with one attached hydrogen (secondary N) is 2. The molecule has 0 bridgehead atoms. The van der Waals surface area contributed by atoms with Gasteiger partial charge in [0.2, 0.25) is 10.0 Å². The lowest BCUT2D eigenvalue weighted by Crippen LogP contribution is -2.24. The van der Waals surface area contributed by atoms with Crippen LogP contribution in [-0.4, -0.2) is 19.3 Å². The number of hydrogen-bond donors (Lipinski definition) is 2. The van der Waals surface area contributed by atoms with Crippen LogP contribution in [0.4, 0.5) is 5.13 Å². The minimum Gasteiger partial charge on any atom is -0.463 e. The van der Waals surface area contributed by atoms with Crippen molar-refractivity contribution in [1.82, 2.24) is 9.71 Å². The number of carbonyl (C=O) groups is 1. The van der Waals surface area contributed by atoms with Crippen LogP contribution in [0.3, 0.4) is 0 Å². The molecule has 0 aliphatic rings. The predicted octanol–water partition coefficient (Wildman–Crippen LogP) is 4.44. The summed E-state index contributed by atoms with van der Waals surface area (Å²) in [6.07, 6.45) is 1.55. The molecule has 0 aliphatic carbocycles. The first-order valence-corrected chi connectivity index (χ1v) is 11.7. The molecule has 0 aliphatic heterocycles. The van der Waals surface area contributed by atoms with Crippen molar-refractivity contribution in [1.29, 1.82) is 0 Å². The average Bonchev–Trinajstić information content (AvgIpc) is 3.45. The van der Waals surface area contributed by atoms with Crippen LogP contribution in [0, 0.1) is 6.92 Å². The number of carbonyl (C=O) groups excluding carboxylic acids is 1. The molecule has 0 fully saturated rings. The summed E-state index contributed by atoms with van der Waals surface area (Å²) in [5.74, 6) is 0.170. The number of aromatic nitrogens is 1. The molecule has 2 aromatic heterocycles. The number of amides is 1. The summed E-state index contributed by atoms with van der Waals surface area (Å²) in [5.41, 5.74) is 2.37. The van der Waals surface area contributed by atoms with Gasteiger partial charge in [-0.3, -0.25) is 10.1 Å². The summed E-state index contributed by atoms with van der Waals surface area (Å²) in [6.45, 7) is 1.91. The molecule has 7 nitrogen and oxygen atoms in total. The Morgan fingerprint density at radius 3 is 2.65 bits per heavy atom. The zero-order valence-electron chi connectivity index (χ0n) is 16.5. The fourth-order valence-corrected chi connectivity index (χ4v) is 4.64. The lowest BCUT2D eigenvalue weighted by molar-refractivity contribution is 0.102. The first-order chi connectivity index (χ1) is 14.9. The van der Waals surface area contributed by atoms with E-state index in [2.05, 4.69) is 15.0 Å². The van der Waals surface area contributed by atoms with Gasteiger partial charge < -0.3 is 4.42 Å². The van der Waals surface area contributed by atoms with Crippen molar-refractivity contribution in [2.45, 2.75) is 18.4 Å². The van der Waals surface area contributed by atoms with Gasteiger partial charge in [-0.1, -0.05) is 36.4 Å². The first-order valence-electron chi connectivity index (χ1n) is 9.37. The van der Waals surface area contributed by atoms with Crippen molar-refractivity contribution in [3.63, 3.8) is 0 Å². The number of benzene rings is 2. The molecular formula is C22H19N3O4S2. The maximum Gasteiger partial charge on any atom is 0.257 e. The maximum absolute atomic E-state index is 12.8. The number of hydrogen-bond acceptors (Lipinski definition) is 6. The Morgan fingerprint density at radius 2 is 1.90 bits per heavy atom. The molecule has 0 atom stereocenters. The van der Waals surface area contributed by atoms with Crippen LogP contribution in [0.25, 0.3) is 11.5 Å². The molecule has 0 unspecified atom stereocenters. The minimum atomic E-state index is -3.79. The Bertz CT molecular complexity index is 1300. The predicted molar refractivity (Wildman–Crippen MR) is 119 cm³/mol. The van der Waals surface area contributed by atoms with Crippen LogP contribution < -0.4 is 10.0 Å². The molecule has 0 saturated heterocycles. The molecule has 2 N–H and O–H groups in total. The second kappa shape index (κ2) is 8.84. The van der Waals surface area contributed by atoms with Gasteiger partial charge >= 0.3 is 0 Å². The molecule has 9 heteroatoms. The van der Waals surface area contributed by atoms with E-state index in [4.69, 9.17) is 4.42 Å². The third-order valence-electron chi connectivity index (χ3n) is 4.57. The van der Waals surface area contributed by atoms with E-state index in [1.165, 1.54) is 23.5 Å². The van der Waals surface area contributed by atoms with Crippen molar-refractivity contribution in [2.24, 2.45) is 0 Å². The van der Waals surface area contributed by atoms with Crippen LogP contribution >= 0.6 is 11.3 Å². The molecule has 0 saturated carbocycles. The Kier molecular flexibility index (Phi) is 5.99. The van der Waals surface area contributed by atoms with E-state index in [1.807, 2.05) is 30.3 Å². The van der Waals surface area contributed by atoms with E-state index in [0.29, 0.717) is 22.1 Å². The fraction of sp³-hybridized carbons (Fsp3) is 0.0909. The number of aryl methyl sites for hydroxylation is 1. The van der Waals surface area contributed by atoms with Gasteiger partial charge in [-0.05, 0) is 42.3 Å². The summed E-state index contributed by atoms with van der Waals surface area (Å²) >= 11 is 1.26. The number of thiazole rings is 1. The molecule has 1 amide bonds. The Labute approximate surface area is 183 Å². The third kappa shape index (κ3) is 4.91. The largest absolute Gasteiger partial charge is 0.463 e. The maximum atomic E-state index is 12.8. The number of rotatable bonds is 7. The molecular weight excluding hydrogens is 434 g/mol. The van der Waals surface area contributed by atoms with Crippen molar-refractivity contribution < 1.29 is 17.6 Å². The Hall–Kier alpha value is -3.27. The summed E-state index contributed by atoms with van der Waals surface area (Å²) in [5, 5.41) is 4.90. The molecule has 4 rings (SSSR count). The molecule has 2 heterocycles. The molecule has 31 heavy (non-hydrogen) atoms. The van der Waals surface area contributed by atoms with E-state index in [0.717, 1.165) is 5.56 Å². The number of sulfonamides is 1. The lowest BCUT2D eigenvalue weighted by atomic mass is 10.1. The summed E-state index contributed by atoms with van der Waals surface area (Å²) < 4.78 is 33.3. The van der Waals surface area contributed by atoms with Crippen LogP contribution in [0.15, 0.2) is 81.6 Å². The van der Waals surface area contributed by atoms with E-state index < -0.39 is 15.9 Å². The number of furan rings is 1. The van der Waals surface area contributed by atoms with Crippen LogP contribution in [-0.2, 0) is 16.6 Å². The normalized spacial score (nSPS) is 11.4. The monoisotopic (exact) mass is 453 g/mol. The highest BCUT2D eigenvalue weighted by Gasteiger charge is 2.19. The number of nitrogens with zero attached hydrogens (tertiary/aromatic N) is 1. The van der Waals surface area contributed by atoms with Crippen molar-refractivity contribution in [3.8, 4) is 11.5 Å². The van der Waals surface area contributed by atoms with E-state index in [1.54, 1.807) is 36.8 Å². The van der Waals surface area contributed by atoms with Gasteiger partial charge in [0.1, 0.15) is 5.69 Å². The standard InChI is InChI=1S/C22H19N3O4S2/c1-15-9-10-17(31(27,28)23-13-16-6-3-2-4-7-16)12-18(15)21(26)25-22-24-19(14-30-22)20-8-5-11-29-20/h2-12,14,23H,13H2,1H3,(H,24,25,26). The van der Waals surface area contributed by atoms with Gasteiger partial charge in [-0.25, -0.2) is 18.1 Å². The average molecular weight is 454 g/mol. The zero-order valence-corrected chi connectivity index (χ0v) is 18.2. The van der Waals surface area contributed by atoms with Crippen molar-refractivity contribution in [3.05, 3.63) is 89.0 Å². The van der Waals surface area contributed by atoms with Crippen molar-refractivity contribution in [2.75, 3.05) is 5.32 Å². The summed E-state index contributed by atoms with van der Waals surface area (Å²) in [7, 11) is -3.79. The van der Waals surface area contributed by atoms with Crippen molar-refractivity contribution >= 4 is 32.4 Å². The lowest BCUT2D eigenvalue weighted by Gasteiger charge is -2.10. The first kappa shape index (κ1) is 21.0. The second-order valence-electron chi connectivity index (χ2n) is 6.76. The minimum absolute atomic E-state index is 0.0228. The van der Waals surface area contributed by atoms with Crippen LogP contribution in [0.5, 0.6) is 0 Å². The summed E-state index contributed by atoms with van der Waals surface area (Å²) in [6, 6.07) is 17.2. The van der Waals surface area contributed by atoms with Gasteiger partial charge in [0, 0.05) is 17.5 Å². The van der Waals surface area contributed by atoms with Crippen LogP contribution in [0.2, 0.25) is 0 Å². The second-order valence-corrected chi connectivity index (χ2v) is 9.38. The highest BCUT2D eigenvalue weighted by atomic mass is 32.2.